The molecule has 0 amide bonds. The summed E-state index contributed by atoms with van der Waals surface area (Å²) in [4.78, 5) is 8.15. The minimum Gasteiger partial charge on any atom is -0.364 e. The van der Waals surface area contributed by atoms with Crippen molar-refractivity contribution < 1.29 is 4.39 Å². The lowest BCUT2D eigenvalue weighted by Crippen LogP contribution is -2.47. The number of aromatic nitrogens is 2. The van der Waals surface area contributed by atoms with Gasteiger partial charge < -0.3 is 5.32 Å². The standard InChI is InChI=1S/C17H17ClFN3S/c1-23-17-21-15(18)14(19)16(22-17)20-13-8-12-10-5-3-2-4-9(10)6-7-11(12)13/h2-5,11-13H,6-8H2,1H3,(H,20,21,22). The molecule has 1 heterocycles. The van der Waals surface area contributed by atoms with E-state index in [-0.39, 0.29) is 17.0 Å². The summed E-state index contributed by atoms with van der Waals surface area (Å²) in [6.45, 7) is 0. The molecule has 0 spiro atoms. The van der Waals surface area contributed by atoms with Crippen LogP contribution in [0.25, 0.3) is 0 Å². The first-order valence-electron chi connectivity index (χ1n) is 7.78. The number of thioether (sulfide) groups is 1. The Labute approximate surface area is 144 Å². The zero-order valence-electron chi connectivity index (χ0n) is 12.7. The molecule has 1 saturated carbocycles. The second-order valence-corrected chi connectivity index (χ2v) is 7.29. The van der Waals surface area contributed by atoms with Gasteiger partial charge in [0.2, 0.25) is 5.82 Å². The number of benzene rings is 1. The van der Waals surface area contributed by atoms with Crippen LogP contribution in [-0.4, -0.2) is 22.3 Å². The highest BCUT2D eigenvalue weighted by molar-refractivity contribution is 7.98. The van der Waals surface area contributed by atoms with Gasteiger partial charge in [-0.3, -0.25) is 0 Å². The molecule has 1 N–H and O–H groups in total. The minimum atomic E-state index is -0.552. The topological polar surface area (TPSA) is 37.8 Å². The normalized spacial score (nSPS) is 25.3. The number of nitrogens with one attached hydrogen (secondary N) is 1. The molecular formula is C17H17ClFN3S. The lowest BCUT2D eigenvalue weighted by atomic mass is 9.60. The third kappa shape index (κ3) is 2.60. The Morgan fingerprint density at radius 2 is 2.13 bits per heavy atom. The minimum absolute atomic E-state index is 0.114. The van der Waals surface area contributed by atoms with Gasteiger partial charge in [0.05, 0.1) is 0 Å². The summed E-state index contributed by atoms with van der Waals surface area (Å²) in [5.74, 6) is 0.800. The van der Waals surface area contributed by atoms with Gasteiger partial charge in [-0.15, -0.1) is 0 Å². The van der Waals surface area contributed by atoms with E-state index in [9.17, 15) is 4.39 Å². The number of halogens is 2. The maximum atomic E-state index is 14.2. The van der Waals surface area contributed by atoms with E-state index in [2.05, 4.69) is 39.6 Å². The van der Waals surface area contributed by atoms with Crippen LogP contribution >= 0.6 is 23.4 Å². The smallest absolute Gasteiger partial charge is 0.202 e. The van der Waals surface area contributed by atoms with Crippen molar-refractivity contribution in [3.05, 3.63) is 46.4 Å². The average molecular weight is 350 g/mol. The van der Waals surface area contributed by atoms with Gasteiger partial charge in [0.25, 0.3) is 0 Å². The fourth-order valence-corrected chi connectivity index (χ4v) is 4.43. The molecule has 4 rings (SSSR count). The van der Waals surface area contributed by atoms with Crippen LogP contribution in [-0.2, 0) is 6.42 Å². The first kappa shape index (κ1) is 15.2. The lowest BCUT2D eigenvalue weighted by molar-refractivity contribution is 0.193. The molecule has 2 aromatic rings. The van der Waals surface area contributed by atoms with Gasteiger partial charge in [-0.05, 0) is 48.5 Å². The summed E-state index contributed by atoms with van der Waals surface area (Å²) in [6, 6.07) is 8.92. The Morgan fingerprint density at radius 3 is 2.96 bits per heavy atom. The predicted octanol–water partition coefficient (Wildman–Crippen LogP) is 4.52. The first-order valence-corrected chi connectivity index (χ1v) is 9.39. The molecule has 2 aliphatic rings. The molecule has 0 bridgehead atoms. The molecule has 120 valence electrons. The highest BCUT2D eigenvalue weighted by atomic mass is 35.5. The first-order chi connectivity index (χ1) is 11.2. The Morgan fingerprint density at radius 1 is 1.30 bits per heavy atom. The predicted molar refractivity (Wildman–Crippen MR) is 91.8 cm³/mol. The van der Waals surface area contributed by atoms with Crippen LogP contribution in [0.5, 0.6) is 0 Å². The largest absolute Gasteiger partial charge is 0.364 e. The molecule has 1 aromatic heterocycles. The fraction of sp³-hybridized carbons (Fsp3) is 0.412. The van der Waals surface area contributed by atoms with Crippen LogP contribution < -0.4 is 5.32 Å². The molecule has 6 heteroatoms. The van der Waals surface area contributed by atoms with Crippen molar-refractivity contribution in [3.8, 4) is 0 Å². The van der Waals surface area contributed by atoms with E-state index < -0.39 is 5.82 Å². The third-order valence-corrected chi connectivity index (χ3v) is 5.84. The Hall–Kier alpha value is -1.33. The van der Waals surface area contributed by atoms with Crippen molar-refractivity contribution in [3.63, 3.8) is 0 Å². The molecule has 23 heavy (non-hydrogen) atoms. The highest BCUT2D eigenvalue weighted by Gasteiger charge is 2.44. The van der Waals surface area contributed by atoms with Crippen molar-refractivity contribution in [1.82, 2.24) is 9.97 Å². The Balaban J connectivity index is 1.54. The number of fused-ring (bicyclic) bond motifs is 3. The molecule has 1 aromatic carbocycles. The van der Waals surface area contributed by atoms with E-state index in [0.29, 0.717) is 17.0 Å². The van der Waals surface area contributed by atoms with Gasteiger partial charge in [-0.25, -0.2) is 9.97 Å². The maximum Gasteiger partial charge on any atom is 0.202 e. The van der Waals surface area contributed by atoms with Gasteiger partial charge in [-0.1, -0.05) is 47.6 Å². The molecule has 0 aliphatic heterocycles. The van der Waals surface area contributed by atoms with E-state index in [4.69, 9.17) is 11.6 Å². The number of hydrogen-bond acceptors (Lipinski definition) is 4. The van der Waals surface area contributed by atoms with E-state index in [1.165, 1.54) is 22.9 Å². The summed E-state index contributed by atoms with van der Waals surface area (Å²) in [5.41, 5.74) is 2.93. The van der Waals surface area contributed by atoms with Crippen LogP contribution in [0.15, 0.2) is 29.4 Å². The fourth-order valence-electron chi connectivity index (χ4n) is 3.84. The third-order valence-electron chi connectivity index (χ3n) is 5.04. The molecule has 3 nitrogen and oxygen atoms in total. The van der Waals surface area contributed by atoms with Crippen molar-refractivity contribution in [2.45, 2.75) is 36.4 Å². The van der Waals surface area contributed by atoms with Gasteiger partial charge in [0.1, 0.15) is 0 Å². The van der Waals surface area contributed by atoms with E-state index in [0.717, 1.165) is 19.3 Å². The van der Waals surface area contributed by atoms with E-state index in [1.807, 2.05) is 6.26 Å². The van der Waals surface area contributed by atoms with Gasteiger partial charge in [-0.2, -0.15) is 4.39 Å². The average Bonchev–Trinajstić information content (AvgIpc) is 2.55. The second kappa shape index (κ2) is 5.95. The Kier molecular flexibility index (Phi) is 3.93. The van der Waals surface area contributed by atoms with Gasteiger partial charge >= 0.3 is 0 Å². The number of anilines is 1. The van der Waals surface area contributed by atoms with Crippen LogP contribution in [0.2, 0.25) is 5.15 Å². The van der Waals surface area contributed by atoms with Crippen molar-refractivity contribution in [2.24, 2.45) is 5.92 Å². The van der Waals surface area contributed by atoms with Crippen LogP contribution in [0.4, 0.5) is 10.2 Å². The quantitative estimate of drug-likeness (QED) is 0.502. The summed E-state index contributed by atoms with van der Waals surface area (Å²) in [6.07, 6.45) is 5.09. The number of aryl methyl sites for hydroxylation is 1. The summed E-state index contributed by atoms with van der Waals surface area (Å²) < 4.78 is 14.2. The van der Waals surface area contributed by atoms with Crippen LogP contribution in [0.3, 0.4) is 0 Å². The molecule has 3 atom stereocenters. The van der Waals surface area contributed by atoms with Crippen molar-refractivity contribution in [2.75, 3.05) is 11.6 Å². The summed E-state index contributed by atoms with van der Waals surface area (Å²) in [7, 11) is 0. The van der Waals surface area contributed by atoms with Crippen LogP contribution in [0.1, 0.15) is 29.9 Å². The van der Waals surface area contributed by atoms with Crippen molar-refractivity contribution in [1.29, 1.82) is 0 Å². The summed E-state index contributed by atoms with van der Waals surface area (Å²) >= 11 is 7.23. The van der Waals surface area contributed by atoms with Gasteiger partial charge in [0.15, 0.2) is 16.1 Å². The number of rotatable bonds is 3. The van der Waals surface area contributed by atoms with Gasteiger partial charge in [0, 0.05) is 6.04 Å². The molecule has 2 aliphatic carbocycles. The zero-order chi connectivity index (χ0) is 16.0. The van der Waals surface area contributed by atoms with E-state index >= 15 is 0 Å². The molecule has 0 saturated heterocycles. The van der Waals surface area contributed by atoms with E-state index in [1.54, 1.807) is 0 Å². The Bertz CT molecular complexity index is 755. The highest BCUT2D eigenvalue weighted by Crippen LogP contribution is 2.50. The molecular weight excluding hydrogens is 333 g/mol. The zero-order valence-corrected chi connectivity index (χ0v) is 14.3. The van der Waals surface area contributed by atoms with Crippen molar-refractivity contribution >= 4 is 29.2 Å². The lowest BCUT2D eigenvalue weighted by Gasteiger charge is -2.49. The van der Waals surface area contributed by atoms with Crippen LogP contribution in [0, 0.1) is 11.7 Å². The summed E-state index contributed by atoms with van der Waals surface area (Å²) in [5, 5.41) is 3.64. The number of hydrogen-bond donors (Lipinski definition) is 1. The SMILES string of the molecule is CSc1nc(Cl)c(F)c(NC2CC3c4ccccc4CCC23)n1. The number of nitrogens with zero attached hydrogens (tertiary/aromatic N) is 2. The maximum absolute atomic E-state index is 14.2. The molecule has 0 radical (unpaired) electrons. The molecule has 1 fully saturated rings. The monoisotopic (exact) mass is 349 g/mol. The second-order valence-electron chi connectivity index (χ2n) is 6.16. The molecule has 3 unspecified atom stereocenters.